The molecule has 1 fully saturated rings. The Hall–Kier alpha value is -0.740. The molecule has 0 aromatic carbocycles. The number of hydrogen-bond acceptors (Lipinski definition) is 4. The lowest BCUT2D eigenvalue weighted by atomic mass is 9.94. The van der Waals surface area contributed by atoms with Gasteiger partial charge in [-0.15, -0.1) is 11.3 Å². The normalized spacial score (nSPS) is 18.0. The Balaban J connectivity index is 2.12. The molecule has 0 amide bonds. The van der Waals surface area contributed by atoms with Gasteiger partial charge in [0.1, 0.15) is 0 Å². The first-order valence-electron chi connectivity index (χ1n) is 5.37. The average Bonchev–Trinajstić information content (AvgIpc) is 2.59. The molecule has 1 aromatic heterocycles. The topological polar surface area (TPSA) is 42.0 Å². The number of nitrogens with one attached hydrogen (secondary N) is 1. The van der Waals surface area contributed by atoms with Crippen molar-refractivity contribution < 1.29 is 4.79 Å². The number of carbonyl (C=O) groups excluding carboxylic acids is 1. The summed E-state index contributed by atoms with van der Waals surface area (Å²) >= 11 is 1.54. The summed E-state index contributed by atoms with van der Waals surface area (Å²) < 4.78 is 0. The van der Waals surface area contributed by atoms with E-state index in [1.165, 1.54) is 11.3 Å². The maximum Gasteiger partial charge on any atom is 0.194 e. The number of ketones is 1. The largest absolute Gasteiger partial charge is 0.317 e. The van der Waals surface area contributed by atoms with Crippen LogP contribution in [0.5, 0.6) is 0 Å². The number of nitrogens with zero attached hydrogens (tertiary/aromatic N) is 1. The van der Waals surface area contributed by atoms with Crippen LogP contribution in [0.1, 0.15) is 33.2 Å². The minimum atomic E-state index is 0.191. The molecule has 1 aliphatic rings. The maximum absolute atomic E-state index is 12.1. The number of carbonyl (C=O) groups is 1. The van der Waals surface area contributed by atoms with E-state index in [4.69, 9.17) is 0 Å². The van der Waals surface area contributed by atoms with Crippen molar-refractivity contribution in [1.82, 2.24) is 10.3 Å². The second-order valence-corrected chi connectivity index (χ2v) is 5.25. The molecule has 15 heavy (non-hydrogen) atoms. The van der Waals surface area contributed by atoms with Crippen LogP contribution in [0.4, 0.5) is 0 Å². The molecule has 4 heteroatoms. The zero-order valence-corrected chi connectivity index (χ0v) is 9.99. The number of Topliss-reactive ketones (excluding diaryl/α,β-unsaturated/α-hetero) is 1. The fraction of sp³-hybridized carbons (Fsp3) is 0.636. The highest BCUT2D eigenvalue weighted by atomic mass is 32.1. The van der Waals surface area contributed by atoms with Gasteiger partial charge in [-0.25, -0.2) is 4.98 Å². The molecule has 0 saturated carbocycles. The molecule has 1 aromatic rings. The predicted octanol–water partition coefficient (Wildman–Crippen LogP) is 1.94. The third-order valence-corrected chi connectivity index (χ3v) is 4.04. The highest BCUT2D eigenvalue weighted by Crippen LogP contribution is 2.23. The first-order valence-corrected chi connectivity index (χ1v) is 6.19. The Labute approximate surface area is 93.9 Å². The van der Waals surface area contributed by atoms with Gasteiger partial charge in [-0.1, -0.05) is 0 Å². The summed E-state index contributed by atoms with van der Waals surface area (Å²) in [6.07, 6.45) is 1.91. The second-order valence-electron chi connectivity index (χ2n) is 4.05. The van der Waals surface area contributed by atoms with E-state index in [1.54, 1.807) is 0 Å². The van der Waals surface area contributed by atoms with Crippen LogP contribution >= 0.6 is 11.3 Å². The molecule has 2 rings (SSSR count). The zero-order chi connectivity index (χ0) is 10.8. The number of piperidine rings is 1. The van der Waals surface area contributed by atoms with Crippen LogP contribution in [0.15, 0.2) is 0 Å². The zero-order valence-electron chi connectivity index (χ0n) is 9.17. The molecule has 0 bridgehead atoms. The molecule has 0 aliphatic carbocycles. The Morgan fingerprint density at radius 3 is 2.60 bits per heavy atom. The predicted molar refractivity (Wildman–Crippen MR) is 61.5 cm³/mol. The van der Waals surface area contributed by atoms with Gasteiger partial charge in [-0.3, -0.25) is 4.79 Å². The van der Waals surface area contributed by atoms with Crippen LogP contribution in [0.2, 0.25) is 0 Å². The van der Waals surface area contributed by atoms with Crippen LogP contribution in [0.3, 0.4) is 0 Å². The summed E-state index contributed by atoms with van der Waals surface area (Å²) in [5, 5.41) is 3.97. The summed E-state index contributed by atoms with van der Waals surface area (Å²) in [4.78, 5) is 17.6. The molecule has 0 spiro atoms. The lowest BCUT2D eigenvalue weighted by Crippen LogP contribution is -2.31. The van der Waals surface area contributed by atoms with Gasteiger partial charge in [0.25, 0.3) is 0 Å². The van der Waals surface area contributed by atoms with E-state index in [2.05, 4.69) is 10.3 Å². The van der Waals surface area contributed by atoms with Crippen LogP contribution in [-0.2, 0) is 0 Å². The Bertz CT molecular complexity index is 347. The highest BCUT2D eigenvalue weighted by Gasteiger charge is 2.24. The molecular formula is C11H16N2OS. The fourth-order valence-electron chi connectivity index (χ4n) is 1.84. The van der Waals surface area contributed by atoms with Crippen molar-refractivity contribution >= 4 is 17.1 Å². The van der Waals surface area contributed by atoms with E-state index in [0.717, 1.165) is 36.5 Å². The maximum atomic E-state index is 12.1. The van der Waals surface area contributed by atoms with Crippen molar-refractivity contribution in [3.05, 3.63) is 15.6 Å². The van der Waals surface area contributed by atoms with Gasteiger partial charge < -0.3 is 5.32 Å². The number of hydrogen-bond donors (Lipinski definition) is 1. The van der Waals surface area contributed by atoms with Crippen molar-refractivity contribution in [1.29, 1.82) is 0 Å². The van der Waals surface area contributed by atoms with Crippen molar-refractivity contribution in [3.63, 3.8) is 0 Å². The third-order valence-electron chi connectivity index (χ3n) is 2.95. The van der Waals surface area contributed by atoms with Crippen molar-refractivity contribution in [2.45, 2.75) is 26.7 Å². The molecule has 0 unspecified atom stereocenters. The van der Waals surface area contributed by atoms with Gasteiger partial charge in [0.15, 0.2) is 10.8 Å². The highest BCUT2D eigenvalue weighted by molar-refractivity contribution is 7.13. The summed E-state index contributed by atoms with van der Waals surface area (Å²) in [5.74, 6) is 0.439. The Morgan fingerprint density at radius 1 is 1.40 bits per heavy atom. The van der Waals surface area contributed by atoms with Gasteiger partial charge in [0.05, 0.1) is 5.69 Å². The van der Waals surface area contributed by atoms with Crippen molar-refractivity contribution in [2.75, 3.05) is 13.1 Å². The van der Waals surface area contributed by atoms with E-state index in [0.29, 0.717) is 5.01 Å². The number of aryl methyl sites for hydroxylation is 2. The molecular weight excluding hydrogens is 208 g/mol. The number of aromatic nitrogens is 1. The van der Waals surface area contributed by atoms with Crippen molar-refractivity contribution in [3.8, 4) is 0 Å². The minimum Gasteiger partial charge on any atom is -0.317 e. The first kappa shape index (κ1) is 10.8. The van der Waals surface area contributed by atoms with Gasteiger partial charge in [0.2, 0.25) is 0 Å². The van der Waals surface area contributed by atoms with Gasteiger partial charge in [-0.2, -0.15) is 0 Å². The van der Waals surface area contributed by atoms with E-state index in [-0.39, 0.29) is 11.7 Å². The monoisotopic (exact) mass is 224 g/mol. The quantitative estimate of drug-likeness (QED) is 0.781. The SMILES string of the molecule is Cc1nc(C(=O)C2CCNCC2)sc1C. The Kier molecular flexibility index (Phi) is 3.17. The molecule has 1 saturated heterocycles. The molecule has 82 valence electrons. The average molecular weight is 224 g/mol. The van der Waals surface area contributed by atoms with Crippen LogP contribution < -0.4 is 5.32 Å². The molecule has 0 radical (unpaired) electrons. The summed E-state index contributed by atoms with van der Waals surface area (Å²) in [6, 6.07) is 0. The summed E-state index contributed by atoms with van der Waals surface area (Å²) in [6.45, 7) is 5.90. The van der Waals surface area contributed by atoms with Gasteiger partial charge >= 0.3 is 0 Å². The molecule has 2 heterocycles. The number of thiazole rings is 1. The van der Waals surface area contributed by atoms with Gasteiger partial charge in [0, 0.05) is 10.8 Å². The smallest absolute Gasteiger partial charge is 0.194 e. The number of rotatable bonds is 2. The summed E-state index contributed by atoms with van der Waals surface area (Å²) in [7, 11) is 0. The molecule has 1 aliphatic heterocycles. The van der Waals surface area contributed by atoms with E-state index < -0.39 is 0 Å². The minimum absolute atomic E-state index is 0.191. The Morgan fingerprint density at radius 2 is 2.07 bits per heavy atom. The fourth-order valence-corrected chi connectivity index (χ4v) is 2.77. The van der Waals surface area contributed by atoms with E-state index >= 15 is 0 Å². The van der Waals surface area contributed by atoms with E-state index in [1.807, 2.05) is 13.8 Å². The van der Waals surface area contributed by atoms with E-state index in [9.17, 15) is 4.79 Å². The summed E-state index contributed by atoms with van der Waals surface area (Å²) in [5.41, 5.74) is 0.997. The molecule has 1 N–H and O–H groups in total. The lowest BCUT2D eigenvalue weighted by Gasteiger charge is -2.20. The molecule has 0 atom stereocenters. The first-order chi connectivity index (χ1) is 7.18. The third kappa shape index (κ3) is 2.26. The van der Waals surface area contributed by atoms with Crippen LogP contribution in [-0.4, -0.2) is 23.9 Å². The lowest BCUT2D eigenvalue weighted by molar-refractivity contribution is 0.0894. The van der Waals surface area contributed by atoms with Crippen molar-refractivity contribution in [2.24, 2.45) is 5.92 Å². The van der Waals surface area contributed by atoms with Crippen LogP contribution in [0, 0.1) is 19.8 Å². The molecule has 3 nitrogen and oxygen atoms in total. The second kappa shape index (κ2) is 4.41. The van der Waals surface area contributed by atoms with Gasteiger partial charge in [-0.05, 0) is 39.8 Å². The van der Waals surface area contributed by atoms with Crippen LogP contribution in [0.25, 0.3) is 0 Å². The standard InChI is InChI=1S/C11H16N2OS/c1-7-8(2)15-11(13-7)10(14)9-3-5-12-6-4-9/h9,12H,3-6H2,1-2H3.